The largest absolute Gasteiger partial charge is 0.390 e. The molecule has 0 aliphatic carbocycles. The lowest BCUT2D eigenvalue weighted by Gasteiger charge is -2.31. The van der Waals surface area contributed by atoms with Gasteiger partial charge in [0.25, 0.3) is 0 Å². The van der Waals surface area contributed by atoms with Gasteiger partial charge in [-0.3, -0.25) is 0 Å². The highest BCUT2D eigenvalue weighted by molar-refractivity contribution is 7.76. The normalized spacial score (nSPS) is 13.9. The monoisotopic (exact) mass is 263 g/mol. The molecule has 0 amide bonds. The molecule has 1 atom stereocenters. The van der Waals surface area contributed by atoms with Crippen LogP contribution in [0.2, 0.25) is 0 Å². The van der Waals surface area contributed by atoms with Gasteiger partial charge in [-0.15, -0.1) is 0 Å². The summed E-state index contributed by atoms with van der Waals surface area (Å²) in [5.74, 6) is -0.424. The standard InChI is InChI=1S/C14H32O2P/c1-4-7-10-17(11-8-5-2,12-9-6-3)14(16)13-15/h14-16H,4-13H2,1-3H3/q+1. The van der Waals surface area contributed by atoms with Crippen molar-refractivity contribution in [2.75, 3.05) is 25.1 Å². The Bertz CT molecular complexity index is 152. The first-order chi connectivity index (χ1) is 8.16. The third kappa shape index (κ3) is 6.18. The molecule has 3 heteroatoms. The zero-order chi connectivity index (χ0) is 13.1. The first kappa shape index (κ1) is 17.4. The van der Waals surface area contributed by atoms with Gasteiger partial charge in [0.15, 0.2) is 5.85 Å². The van der Waals surface area contributed by atoms with Crippen molar-refractivity contribution in [2.24, 2.45) is 0 Å². The van der Waals surface area contributed by atoms with E-state index < -0.39 is 13.1 Å². The SMILES string of the molecule is CCCC[P+](CCCC)(CCCC)C(O)CO. The topological polar surface area (TPSA) is 40.5 Å². The average molecular weight is 263 g/mol. The number of hydrogen-bond donors (Lipinski definition) is 2. The summed E-state index contributed by atoms with van der Waals surface area (Å²) in [6, 6.07) is 0. The van der Waals surface area contributed by atoms with Crippen LogP contribution in [0.5, 0.6) is 0 Å². The quantitative estimate of drug-likeness (QED) is 0.558. The van der Waals surface area contributed by atoms with Crippen LogP contribution >= 0.6 is 7.26 Å². The molecule has 17 heavy (non-hydrogen) atoms. The number of rotatable bonds is 11. The summed E-state index contributed by atoms with van der Waals surface area (Å²) in [5.41, 5.74) is 0. The van der Waals surface area contributed by atoms with Gasteiger partial charge in [0.1, 0.15) is 6.61 Å². The summed E-state index contributed by atoms with van der Waals surface area (Å²) in [6.07, 6.45) is 10.7. The molecule has 0 saturated heterocycles. The Hall–Kier alpha value is 0.350. The highest BCUT2D eigenvalue weighted by atomic mass is 31.2. The number of aliphatic hydroxyl groups excluding tert-OH is 2. The molecule has 0 rings (SSSR count). The third-order valence-corrected chi connectivity index (χ3v) is 8.71. The maximum Gasteiger partial charge on any atom is 0.187 e. The maximum atomic E-state index is 10.2. The van der Waals surface area contributed by atoms with Gasteiger partial charge in [-0.2, -0.15) is 0 Å². The molecular weight excluding hydrogens is 231 g/mol. The van der Waals surface area contributed by atoms with E-state index in [0.717, 1.165) is 0 Å². The number of aliphatic hydroxyl groups is 2. The molecule has 0 fully saturated rings. The minimum Gasteiger partial charge on any atom is -0.390 e. The van der Waals surface area contributed by atoms with Gasteiger partial charge in [0, 0.05) is 7.26 Å². The lowest BCUT2D eigenvalue weighted by molar-refractivity contribution is 0.153. The van der Waals surface area contributed by atoms with Crippen LogP contribution in [0.15, 0.2) is 0 Å². The van der Waals surface area contributed by atoms with Crippen LogP contribution in [0.25, 0.3) is 0 Å². The molecule has 0 aliphatic heterocycles. The minimum absolute atomic E-state index is 0.0368. The predicted octanol–water partition coefficient (Wildman–Crippen LogP) is 3.72. The summed E-state index contributed by atoms with van der Waals surface area (Å²) < 4.78 is 0. The first-order valence-corrected chi connectivity index (χ1v) is 9.72. The van der Waals surface area contributed by atoms with Gasteiger partial charge in [0.2, 0.25) is 0 Å². The Labute approximate surface area is 108 Å². The molecular formula is C14H32O2P+. The highest BCUT2D eigenvalue weighted by Gasteiger charge is 2.42. The van der Waals surface area contributed by atoms with Crippen molar-refractivity contribution in [3.63, 3.8) is 0 Å². The fourth-order valence-electron chi connectivity index (χ4n) is 2.37. The molecule has 0 spiro atoms. The second kappa shape index (κ2) is 10.3. The fourth-order valence-corrected chi connectivity index (χ4v) is 7.12. The molecule has 0 aromatic rings. The van der Waals surface area contributed by atoms with E-state index in [1.54, 1.807) is 0 Å². The Morgan fingerprint density at radius 2 is 1.18 bits per heavy atom. The van der Waals surface area contributed by atoms with Crippen LogP contribution in [0.3, 0.4) is 0 Å². The van der Waals surface area contributed by atoms with Crippen LogP contribution in [0, 0.1) is 0 Å². The molecule has 2 nitrogen and oxygen atoms in total. The van der Waals surface area contributed by atoms with E-state index in [4.69, 9.17) is 0 Å². The maximum absolute atomic E-state index is 10.2. The molecule has 0 heterocycles. The van der Waals surface area contributed by atoms with Crippen molar-refractivity contribution in [2.45, 2.75) is 65.1 Å². The van der Waals surface area contributed by atoms with Crippen molar-refractivity contribution in [1.29, 1.82) is 0 Å². The van der Waals surface area contributed by atoms with E-state index in [0.29, 0.717) is 0 Å². The number of hydrogen-bond acceptors (Lipinski definition) is 2. The molecule has 0 bridgehead atoms. The van der Waals surface area contributed by atoms with Crippen molar-refractivity contribution < 1.29 is 10.2 Å². The summed E-state index contributed by atoms with van der Waals surface area (Å²) in [4.78, 5) is 0. The van der Waals surface area contributed by atoms with Gasteiger partial charge in [0.05, 0.1) is 18.5 Å². The summed E-state index contributed by atoms with van der Waals surface area (Å²) in [7, 11) is -1.33. The summed E-state index contributed by atoms with van der Waals surface area (Å²) in [5, 5.41) is 19.6. The Morgan fingerprint density at radius 1 is 0.824 bits per heavy atom. The predicted molar refractivity (Wildman–Crippen MR) is 79.3 cm³/mol. The van der Waals surface area contributed by atoms with E-state index in [9.17, 15) is 10.2 Å². The van der Waals surface area contributed by atoms with E-state index in [1.807, 2.05) is 0 Å². The van der Waals surface area contributed by atoms with Gasteiger partial charge in [-0.05, 0) is 19.3 Å². The van der Waals surface area contributed by atoms with Gasteiger partial charge in [-0.25, -0.2) is 0 Å². The molecule has 0 radical (unpaired) electrons. The van der Waals surface area contributed by atoms with Crippen LogP contribution in [-0.2, 0) is 0 Å². The van der Waals surface area contributed by atoms with Gasteiger partial charge >= 0.3 is 0 Å². The zero-order valence-corrected chi connectivity index (χ0v) is 12.9. The molecule has 0 saturated carbocycles. The zero-order valence-electron chi connectivity index (χ0n) is 12.0. The summed E-state index contributed by atoms with van der Waals surface area (Å²) >= 11 is 0. The van der Waals surface area contributed by atoms with Gasteiger partial charge < -0.3 is 10.2 Å². The molecule has 2 N–H and O–H groups in total. The molecule has 1 unspecified atom stereocenters. The van der Waals surface area contributed by atoms with E-state index in [2.05, 4.69) is 20.8 Å². The van der Waals surface area contributed by atoms with Crippen molar-refractivity contribution in [1.82, 2.24) is 0 Å². The molecule has 0 aromatic heterocycles. The Kier molecular flexibility index (Phi) is 10.5. The van der Waals surface area contributed by atoms with E-state index in [1.165, 1.54) is 57.0 Å². The van der Waals surface area contributed by atoms with E-state index >= 15 is 0 Å². The second-order valence-electron chi connectivity index (χ2n) is 5.11. The van der Waals surface area contributed by atoms with Crippen molar-refractivity contribution in [3.05, 3.63) is 0 Å². The lowest BCUT2D eigenvalue weighted by Crippen LogP contribution is -2.25. The van der Waals surface area contributed by atoms with E-state index in [-0.39, 0.29) is 6.61 Å². The average Bonchev–Trinajstić information content (AvgIpc) is 2.37. The lowest BCUT2D eigenvalue weighted by atomic mass is 10.4. The smallest absolute Gasteiger partial charge is 0.187 e. The molecule has 0 aromatic carbocycles. The number of unbranched alkanes of at least 4 members (excludes halogenated alkanes) is 3. The molecule has 104 valence electrons. The third-order valence-electron chi connectivity index (χ3n) is 3.67. The minimum atomic E-state index is -1.33. The highest BCUT2D eigenvalue weighted by Crippen LogP contribution is 2.63. The van der Waals surface area contributed by atoms with Crippen LogP contribution in [0.4, 0.5) is 0 Å². The van der Waals surface area contributed by atoms with Gasteiger partial charge in [-0.1, -0.05) is 40.0 Å². The van der Waals surface area contributed by atoms with Crippen molar-refractivity contribution in [3.8, 4) is 0 Å². The summed E-state index contributed by atoms with van der Waals surface area (Å²) in [6.45, 7) is 6.59. The second-order valence-corrected chi connectivity index (χ2v) is 9.49. The Balaban J connectivity index is 4.63. The van der Waals surface area contributed by atoms with Crippen LogP contribution < -0.4 is 0 Å². The van der Waals surface area contributed by atoms with Crippen molar-refractivity contribution >= 4 is 7.26 Å². The molecule has 0 aliphatic rings. The van der Waals surface area contributed by atoms with Crippen LogP contribution in [0.1, 0.15) is 59.3 Å². The first-order valence-electron chi connectivity index (χ1n) is 7.31. The fraction of sp³-hybridized carbons (Fsp3) is 1.00. The van der Waals surface area contributed by atoms with Crippen LogP contribution in [-0.4, -0.2) is 41.2 Å². The Morgan fingerprint density at radius 3 is 1.41 bits per heavy atom.